The Morgan fingerprint density at radius 3 is 2.88 bits per heavy atom. The van der Waals surface area contributed by atoms with Gasteiger partial charge in [0.2, 0.25) is 0 Å². The van der Waals surface area contributed by atoms with Crippen molar-refractivity contribution in [3.8, 4) is 5.75 Å². The number of anilines is 1. The number of benzene rings is 2. The van der Waals surface area contributed by atoms with Gasteiger partial charge in [-0.05, 0) is 36.1 Å². The smallest absolute Gasteiger partial charge is 0.275 e. The third-order valence-corrected chi connectivity index (χ3v) is 5.08. The molecule has 0 unspecified atom stereocenters. The van der Waals surface area contributed by atoms with E-state index in [1.165, 1.54) is 25.3 Å². The number of nitro benzene ring substituents is 1. The number of hydrogen-bond acceptors (Lipinski definition) is 4. The molecule has 6 heteroatoms. The van der Waals surface area contributed by atoms with Gasteiger partial charge >= 0.3 is 0 Å². The van der Waals surface area contributed by atoms with Crippen molar-refractivity contribution < 1.29 is 14.1 Å². The van der Waals surface area contributed by atoms with Crippen molar-refractivity contribution in [2.75, 3.05) is 12.4 Å². The van der Waals surface area contributed by atoms with Crippen molar-refractivity contribution in [2.24, 2.45) is 5.92 Å². The molecule has 0 bridgehead atoms. The van der Waals surface area contributed by atoms with Crippen LogP contribution in [0.3, 0.4) is 0 Å². The number of fused-ring (bicyclic) bond motifs is 3. The summed E-state index contributed by atoms with van der Waals surface area (Å²) in [6, 6.07) is 9.45. The molecular formula is C19H17FN2O3. The molecule has 2 aliphatic rings. The third-order valence-electron chi connectivity index (χ3n) is 5.08. The lowest BCUT2D eigenvalue weighted by molar-refractivity contribution is -0.385. The Bertz CT molecular complexity index is 881. The molecule has 4 rings (SSSR count). The normalized spacial score (nSPS) is 23.5. The van der Waals surface area contributed by atoms with Crippen LogP contribution in [0.1, 0.15) is 29.5 Å². The number of nitrogens with zero attached hydrogens (tertiary/aromatic N) is 1. The van der Waals surface area contributed by atoms with Crippen LogP contribution in [0.15, 0.2) is 48.6 Å². The van der Waals surface area contributed by atoms with E-state index < -0.39 is 0 Å². The molecule has 2 aromatic carbocycles. The Kier molecular flexibility index (Phi) is 3.67. The number of halogens is 1. The molecular weight excluding hydrogens is 323 g/mol. The summed E-state index contributed by atoms with van der Waals surface area (Å²) in [4.78, 5) is 11.2. The highest BCUT2D eigenvalue weighted by Crippen LogP contribution is 2.54. The van der Waals surface area contributed by atoms with Gasteiger partial charge in [0.25, 0.3) is 5.69 Å². The molecule has 0 amide bonds. The Morgan fingerprint density at radius 2 is 2.16 bits per heavy atom. The summed E-state index contributed by atoms with van der Waals surface area (Å²) in [6.07, 6.45) is 4.84. The molecule has 0 saturated carbocycles. The molecule has 0 saturated heterocycles. The molecule has 0 spiro atoms. The topological polar surface area (TPSA) is 64.4 Å². The summed E-state index contributed by atoms with van der Waals surface area (Å²) in [5, 5.41) is 14.9. The first-order valence-corrected chi connectivity index (χ1v) is 8.14. The van der Waals surface area contributed by atoms with Crippen molar-refractivity contribution in [2.45, 2.75) is 18.4 Å². The number of nitrogens with one attached hydrogen (secondary N) is 1. The highest BCUT2D eigenvalue weighted by molar-refractivity contribution is 5.73. The maximum atomic E-state index is 13.7. The largest absolute Gasteiger partial charge is 0.495 e. The van der Waals surface area contributed by atoms with Gasteiger partial charge in [0.1, 0.15) is 11.6 Å². The molecule has 25 heavy (non-hydrogen) atoms. The SMILES string of the molecule is COc1ccc([N+](=O)[O-])c2c1N[C@H](c1cccc(F)c1)[C@H]1CC=C[C@H]21. The molecule has 1 aliphatic carbocycles. The number of nitro groups is 1. The van der Waals surface area contributed by atoms with E-state index in [-0.39, 0.29) is 34.3 Å². The average molecular weight is 340 g/mol. The number of rotatable bonds is 3. The second-order valence-electron chi connectivity index (χ2n) is 6.36. The van der Waals surface area contributed by atoms with Gasteiger partial charge in [-0.3, -0.25) is 10.1 Å². The van der Waals surface area contributed by atoms with E-state index in [1.54, 1.807) is 12.1 Å². The molecule has 0 aromatic heterocycles. The minimum Gasteiger partial charge on any atom is -0.495 e. The molecule has 0 fully saturated rings. The van der Waals surface area contributed by atoms with Crippen LogP contribution in [0.4, 0.5) is 15.8 Å². The molecule has 1 aliphatic heterocycles. The number of hydrogen-bond donors (Lipinski definition) is 1. The first-order chi connectivity index (χ1) is 12.1. The van der Waals surface area contributed by atoms with Crippen LogP contribution in [0, 0.1) is 21.8 Å². The van der Waals surface area contributed by atoms with Crippen LogP contribution in [0.5, 0.6) is 5.75 Å². The highest BCUT2D eigenvalue weighted by Gasteiger charge is 2.42. The van der Waals surface area contributed by atoms with Gasteiger partial charge in [0.05, 0.1) is 29.3 Å². The van der Waals surface area contributed by atoms with Crippen LogP contribution in [0.2, 0.25) is 0 Å². The second-order valence-corrected chi connectivity index (χ2v) is 6.36. The van der Waals surface area contributed by atoms with E-state index in [9.17, 15) is 14.5 Å². The zero-order chi connectivity index (χ0) is 17.6. The van der Waals surface area contributed by atoms with Gasteiger partial charge in [-0.1, -0.05) is 24.3 Å². The predicted molar refractivity (Wildman–Crippen MR) is 92.4 cm³/mol. The highest BCUT2D eigenvalue weighted by atomic mass is 19.1. The van der Waals surface area contributed by atoms with E-state index in [1.807, 2.05) is 18.2 Å². The van der Waals surface area contributed by atoms with Gasteiger partial charge in [-0.15, -0.1) is 0 Å². The Morgan fingerprint density at radius 1 is 1.32 bits per heavy atom. The van der Waals surface area contributed by atoms with Crippen LogP contribution in [-0.4, -0.2) is 12.0 Å². The summed E-state index contributed by atoms with van der Waals surface area (Å²) < 4.78 is 19.1. The van der Waals surface area contributed by atoms with Gasteiger partial charge in [0.15, 0.2) is 0 Å². The zero-order valence-electron chi connectivity index (χ0n) is 13.6. The minimum atomic E-state index is -0.355. The molecule has 1 heterocycles. The molecule has 2 aromatic rings. The van der Waals surface area contributed by atoms with Gasteiger partial charge in [-0.2, -0.15) is 0 Å². The van der Waals surface area contributed by atoms with Gasteiger partial charge < -0.3 is 10.1 Å². The Labute approximate surface area is 144 Å². The monoisotopic (exact) mass is 340 g/mol. The van der Waals surface area contributed by atoms with E-state index in [0.717, 1.165) is 12.0 Å². The maximum absolute atomic E-state index is 13.7. The van der Waals surface area contributed by atoms with E-state index >= 15 is 0 Å². The fourth-order valence-corrected chi connectivity index (χ4v) is 4.02. The fraction of sp³-hybridized carbons (Fsp3) is 0.263. The standard InChI is InChI=1S/C19H17FN2O3/c1-25-16-9-8-15(22(23)24)17-13-6-3-7-14(13)18(21-19(16)17)11-4-2-5-12(20)10-11/h2-6,8-10,13-14,18,21H,7H2,1H3/t13-,14-,18+/m0/s1. The molecule has 5 nitrogen and oxygen atoms in total. The summed E-state index contributed by atoms with van der Waals surface area (Å²) >= 11 is 0. The Hall–Kier alpha value is -2.89. The van der Waals surface area contributed by atoms with Gasteiger partial charge in [-0.25, -0.2) is 4.39 Å². The van der Waals surface area contributed by atoms with E-state index in [0.29, 0.717) is 17.0 Å². The van der Waals surface area contributed by atoms with Crippen LogP contribution < -0.4 is 10.1 Å². The maximum Gasteiger partial charge on any atom is 0.275 e. The molecule has 128 valence electrons. The number of ether oxygens (including phenoxy) is 1. The van der Waals surface area contributed by atoms with Gasteiger partial charge in [0, 0.05) is 12.0 Å². The number of methoxy groups -OCH3 is 1. The summed E-state index contributed by atoms with van der Waals surface area (Å²) in [7, 11) is 1.54. The molecule has 0 radical (unpaired) electrons. The first-order valence-electron chi connectivity index (χ1n) is 8.14. The summed E-state index contributed by atoms with van der Waals surface area (Å²) in [5.41, 5.74) is 2.19. The first kappa shape index (κ1) is 15.6. The lowest BCUT2D eigenvalue weighted by Gasteiger charge is -2.37. The Balaban J connectivity index is 1.89. The fourth-order valence-electron chi connectivity index (χ4n) is 4.02. The van der Waals surface area contributed by atoms with Crippen molar-refractivity contribution in [1.82, 2.24) is 0 Å². The third kappa shape index (κ3) is 2.45. The predicted octanol–water partition coefficient (Wildman–Crippen LogP) is 4.57. The zero-order valence-corrected chi connectivity index (χ0v) is 13.6. The van der Waals surface area contributed by atoms with Crippen LogP contribution in [0.25, 0.3) is 0 Å². The number of allylic oxidation sites excluding steroid dienone is 2. The lowest BCUT2D eigenvalue weighted by Crippen LogP contribution is -2.30. The quantitative estimate of drug-likeness (QED) is 0.505. The van der Waals surface area contributed by atoms with Crippen LogP contribution in [-0.2, 0) is 0 Å². The van der Waals surface area contributed by atoms with Crippen molar-refractivity contribution >= 4 is 11.4 Å². The van der Waals surface area contributed by atoms with E-state index in [2.05, 4.69) is 5.32 Å². The summed E-state index contributed by atoms with van der Waals surface area (Å²) in [5.74, 6) is 0.263. The van der Waals surface area contributed by atoms with Crippen molar-refractivity contribution in [3.63, 3.8) is 0 Å². The summed E-state index contributed by atoms with van der Waals surface area (Å²) in [6.45, 7) is 0. The molecule has 1 N–H and O–H groups in total. The van der Waals surface area contributed by atoms with Crippen LogP contribution >= 0.6 is 0 Å². The molecule has 3 atom stereocenters. The minimum absolute atomic E-state index is 0.0857. The second kappa shape index (κ2) is 5.88. The van der Waals surface area contributed by atoms with Crippen molar-refractivity contribution in [3.05, 3.63) is 75.6 Å². The van der Waals surface area contributed by atoms with E-state index in [4.69, 9.17) is 4.74 Å². The lowest BCUT2D eigenvalue weighted by atomic mass is 9.76. The average Bonchev–Trinajstić information content (AvgIpc) is 3.09. The van der Waals surface area contributed by atoms with Crippen molar-refractivity contribution in [1.29, 1.82) is 0 Å².